The van der Waals surface area contributed by atoms with Gasteiger partial charge in [0.15, 0.2) is 0 Å². The van der Waals surface area contributed by atoms with Crippen molar-refractivity contribution in [2.24, 2.45) is 5.73 Å². The van der Waals surface area contributed by atoms with Crippen LogP contribution in [0.3, 0.4) is 0 Å². The Balaban J connectivity index is 2.65. The molecule has 3 nitrogen and oxygen atoms in total. The third-order valence-electron chi connectivity index (χ3n) is 2.36. The number of halogens is 3. The number of benzene rings is 1. The molecule has 0 bridgehead atoms. The fourth-order valence-corrected chi connectivity index (χ4v) is 1.43. The molecule has 0 aliphatic carbocycles. The SMILES string of the molecule is CC(C)(N)CNC(=O)Cc1cccc(C(F)(F)F)c1. The lowest BCUT2D eigenvalue weighted by Gasteiger charge is -2.19. The molecular weight excluding hydrogens is 257 g/mol. The first-order chi connectivity index (χ1) is 8.58. The lowest BCUT2D eigenvalue weighted by atomic mass is 10.1. The first-order valence-corrected chi connectivity index (χ1v) is 5.80. The van der Waals surface area contributed by atoms with Gasteiger partial charge < -0.3 is 11.1 Å². The molecule has 1 rings (SSSR count). The lowest BCUT2D eigenvalue weighted by Crippen LogP contribution is -2.45. The predicted molar refractivity (Wildman–Crippen MR) is 66.4 cm³/mol. The number of rotatable bonds is 4. The van der Waals surface area contributed by atoms with Gasteiger partial charge in [0, 0.05) is 12.1 Å². The zero-order valence-corrected chi connectivity index (χ0v) is 10.8. The molecule has 19 heavy (non-hydrogen) atoms. The summed E-state index contributed by atoms with van der Waals surface area (Å²) in [4.78, 5) is 11.6. The van der Waals surface area contributed by atoms with Crippen molar-refractivity contribution in [3.63, 3.8) is 0 Å². The number of carbonyl (C=O) groups is 1. The van der Waals surface area contributed by atoms with E-state index in [0.29, 0.717) is 5.56 Å². The zero-order valence-electron chi connectivity index (χ0n) is 10.8. The van der Waals surface area contributed by atoms with Crippen molar-refractivity contribution in [1.29, 1.82) is 0 Å². The number of hydrogen-bond acceptors (Lipinski definition) is 2. The van der Waals surface area contributed by atoms with E-state index >= 15 is 0 Å². The number of amides is 1. The second kappa shape index (κ2) is 5.61. The number of alkyl halides is 3. The van der Waals surface area contributed by atoms with E-state index in [9.17, 15) is 18.0 Å². The molecule has 0 fully saturated rings. The van der Waals surface area contributed by atoms with Crippen LogP contribution in [-0.2, 0) is 17.4 Å². The fraction of sp³-hybridized carbons (Fsp3) is 0.462. The van der Waals surface area contributed by atoms with E-state index < -0.39 is 17.3 Å². The van der Waals surface area contributed by atoms with Crippen LogP contribution in [0.1, 0.15) is 25.0 Å². The van der Waals surface area contributed by atoms with E-state index in [1.165, 1.54) is 12.1 Å². The highest BCUT2D eigenvalue weighted by Gasteiger charge is 2.30. The molecule has 1 amide bonds. The summed E-state index contributed by atoms with van der Waals surface area (Å²) in [5.41, 5.74) is 4.71. The minimum atomic E-state index is -4.40. The predicted octanol–water partition coefficient (Wildman–Crippen LogP) is 2.10. The number of nitrogens with two attached hydrogens (primary N) is 1. The van der Waals surface area contributed by atoms with E-state index in [1.807, 2.05) is 0 Å². The topological polar surface area (TPSA) is 55.1 Å². The Hall–Kier alpha value is -1.56. The van der Waals surface area contributed by atoms with Gasteiger partial charge in [-0.3, -0.25) is 4.79 Å². The van der Waals surface area contributed by atoms with Gasteiger partial charge in [-0.25, -0.2) is 0 Å². The van der Waals surface area contributed by atoms with Crippen molar-refractivity contribution in [2.75, 3.05) is 6.54 Å². The standard InChI is InChI=1S/C13H17F3N2O/c1-12(2,17)8-18-11(19)7-9-4-3-5-10(6-9)13(14,15)16/h3-6H,7-8,17H2,1-2H3,(H,18,19). The van der Waals surface area contributed by atoms with Crippen LogP contribution in [0.2, 0.25) is 0 Å². The molecule has 1 aromatic rings. The molecule has 0 saturated carbocycles. The Labute approximate surface area is 110 Å². The average Bonchev–Trinajstić information content (AvgIpc) is 2.25. The Morgan fingerprint density at radius 3 is 2.47 bits per heavy atom. The third-order valence-corrected chi connectivity index (χ3v) is 2.36. The van der Waals surface area contributed by atoms with Gasteiger partial charge in [0.1, 0.15) is 0 Å². The van der Waals surface area contributed by atoms with Gasteiger partial charge >= 0.3 is 6.18 Å². The molecule has 0 unspecified atom stereocenters. The van der Waals surface area contributed by atoms with E-state index in [1.54, 1.807) is 13.8 Å². The van der Waals surface area contributed by atoms with E-state index in [-0.39, 0.29) is 18.9 Å². The molecule has 1 aromatic carbocycles. The van der Waals surface area contributed by atoms with Crippen molar-refractivity contribution < 1.29 is 18.0 Å². The summed E-state index contributed by atoms with van der Waals surface area (Å²) in [6, 6.07) is 4.73. The molecule has 0 aliphatic rings. The summed E-state index contributed by atoms with van der Waals surface area (Å²) in [7, 11) is 0. The van der Waals surface area contributed by atoms with Gasteiger partial charge in [-0.05, 0) is 25.5 Å². The maximum Gasteiger partial charge on any atom is 0.416 e. The summed E-state index contributed by atoms with van der Waals surface area (Å²) in [5, 5.41) is 2.58. The molecule has 6 heteroatoms. The highest BCUT2D eigenvalue weighted by molar-refractivity contribution is 5.78. The highest BCUT2D eigenvalue weighted by atomic mass is 19.4. The molecule has 0 aromatic heterocycles. The smallest absolute Gasteiger partial charge is 0.354 e. The second-order valence-electron chi connectivity index (χ2n) is 5.14. The van der Waals surface area contributed by atoms with Crippen molar-refractivity contribution >= 4 is 5.91 Å². The number of nitrogens with one attached hydrogen (secondary N) is 1. The number of carbonyl (C=O) groups excluding carboxylic acids is 1. The third kappa shape index (κ3) is 5.74. The summed E-state index contributed by atoms with van der Waals surface area (Å²) in [6.07, 6.45) is -4.49. The molecule has 0 aliphatic heterocycles. The largest absolute Gasteiger partial charge is 0.416 e. The van der Waals surface area contributed by atoms with Crippen molar-refractivity contribution in [3.05, 3.63) is 35.4 Å². The van der Waals surface area contributed by atoms with Gasteiger partial charge in [-0.2, -0.15) is 13.2 Å². The molecule has 0 heterocycles. The first kappa shape index (κ1) is 15.5. The van der Waals surface area contributed by atoms with Crippen LogP contribution in [0, 0.1) is 0 Å². The van der Waals surface area contributed by atoms with Crippen LogP contribution in [0.15, 0.2) is 24.3 Å². The van der Waals surface area contributed by atoms with Gasteiger partial charge in [0.05, 0.1) is 12.0 Å². The summed E-state index contributed by atoms with van der Waals surface area (Å²) >= 11 is 0. The molecule has 3 N–H and O–H groups in total. The van der Waals surface area contributed by atoms with E-state index in [4.69, 9.17) is 5.73 Å². The minimum absolute atomic E-state index is 0.0972. The maximum atomic E-state index is 12.5. The van der Waals surface area contributed by atoms with Crippen LogP contribution in [0.4, 0.5) is 13.2 Å². The Morgan fingerprint density at radius 1 is 1.32 bits per heavy atom. The Kier molecular flexibility index (Phi) is 4.57. The van der Waals surface area contributed by atoms with E-state index in [2.05, 4.69) is 5.32 Å². The molecular formula is C13H17F3N2O. The normalized spacial score (nSPS) is 12.3. The van der Waals surface area contributed by atoms with Gasteiger partial charge in [0.2, 0.25) is 5.91 Å². The molecule has 0 atom stereocenters. The van der Waals surface area contributed by atoms with E-state index in [0.717, 1.165) is 12.1 Å². The monoisotopic (exact) mass is 274 g/mol. The molecule has 0 radical (unpaired) electrons. The molecule has 0 spiro atoms. The fourth-order valence-electron chi connectivity index (χ4n) is 1.43. The highest BCUT2D eigenvalue weighted by Crippen LogP contribution is 2.29. The Morgan fingerprint density at radius 2 is 1.95 bits per heavy atom. The van der Waals surface area contributed by atoms with Crippen molar-refractivity contribution in [3.8, 4) is 0 Å². The van der Waals surface area contributed by atoms with Gasteiger partial charge in [-0.15, -0.1) is 0 Å². The number of hydrogen-bond donors (Lipinski definition) is 2. The summed E-state index contributed by atoms with van der Waals surface area (Å²) < 4.78 is 37.5. The van der Waals surface area contributed by atoms with Crippen molar-refractivity contribution in [1.82, 2.24) is 5.32 Å². The summed E-state index contributed by atoms with van der Waals surface area (Å²) in [6.45, 7) is 3.76. The van der Waals surface area contributed by atoms with Crippen LogP contribution in [-0.4, -0.2) is 18.0 Å². The molecule has 0 saturated heterocycles. The first-order valence-electron chi connectivity index (χ1n) is 5.80. The van der Waals surface area contributed by atoms with Crippen molar-refractivity contribution in [2.45, 2.75) is 32.0 Å². The minimum Gasteiger partial charge on any atom is -0.354 e. The van der Waals surface area contributed by atoms with Crippen LogP contribution in [0.5, 0.6) is 0 Å². The van der Waals surface area contributed by atoms with Gasteiger partial charge in [-0.1, -0.05) is 18.2 Å². The van der Waals surface area contributed by atoms with Crippen LogP contribution in [0.25, 0.3) is 0 Å². The molecule has 106 valence electrons. The van der Waals surface area contributed by atoms with Crippen LogP contribution >= 0.6 is 0 Å². The average molecular weight is 274 g/mol. The zero-order chi connectivity index (χ0) is 14.7. The Bertz CT molecular complexity index is 450. The quantitative estimate of drug-likeness (QED) is 0.883. The van der Waals surface area contributed by atoms with Crippen LogP contribution < -0.4 is 11.1 Å². The second-order valence-corrected chi connectivity index (χ2v) is 5.14. The summed E-state index contributed by atoms with van der Waals surface area (Å²) in [5.74, 6) is -0.349. The maximum absolute atomic E-state index is 12.5. The lowest BCUT2D eigenvalue weighted by molar-refractivity contribution is -0.137. The van der Waals surface area contributed by atoms with Gasteiger partial charge in [0.25, 0.3) is 0 Å².